The van der Waals surface area contributed by atoms with Gasteiger partial charge in [0.25, 0.3) is 0 Å². The average molecular weight is 219 g/mol. The van der Waals surface area contributed by atoms with Gasteiger partial charge in [-0.2, -0.15) is 5.10 Å². The summed E-state index contributed by atoms with van der Waals surface area (Å²) in [5.41, 5.74) is 0.892. The number of anilines is 1. The fourth-order valence-corrected chi connectivity index (χ4v) is 1.89. The number of hydrogen-bond donors (Lipinski definition) is 0. The Morgan fingerprint density at radius 3 is 2.88 bits per heavy atom. The Labute approximate surface area is 95.5 Å². The van der Waals surface area contributed by atoms with E-state index in [0.717, 1.165) is 12.2 Å². The second-order valence-electron chi connectivity index (χ2n) is 4.48. The Morgan fingerprint density at radius 2 is 2.38 bits per heavy atom. The minimum absolute atomic E-state index is 0.160. The number of carbonyl (C=O) groups is 1. The van der Waals surface area contributed by atoms with Gasteiger partial charge in [0.15, 0.2) is 0 Å². The van der Waals surface area contributed by atoms with Crippen LogP contribution in [0.1, 0.15) is 26.3 Å². The van der Waals surface area contributed by atoms with Gasteiger partial charge < -0.3 is 4.90 Å². The van der Waals surface area contributed by atoms with Gasteiger partial charge in [-0.05, 0) is 13.8 Å². The van der Waals surface area contributed by atoms with Crippen molar-refractivity contribution in [1.29, 1.82) is 0 Å². The quantitative estimate of drug-likeness (QED) is 0.729. The SMILES string of the molecule is C=CC1CC(=O)N(c2cnn(C(C)C)c2)C1. The summed E-state index contributed by atoms with van der Waals surface area (Å²) in [5.74, 6) is 0.433. The summed E-state index contributed by atoms with van der Waals surface area (Å²) in [6, 6.07) is 0.321. The van der Waals surface area contributed by atoms with E-state index in [9.17, 15) is 4.79 Å². The van der Waals surface area contributed by atoms with Gasteiger partial charge in [-0.25, -0.2) is 0 Å². The maximum absolute atomic E-state index is 11.8. The molecule has 4 nitrogen and oxygen atoms in total. The van der Waals surface area contributed by atoms with E-state index in [0.29, 0.717) is 12.5 Å². The lowest BCUT2D eigenvalue weighted by atomic mass is 10.1. The Hall–Kier alpha value is -1.58. The van der Waals surface area contributed by atoms with Crippen molar-refractivity contribution >= 4 is 11.6 Å². The van der Waals surface area contributed by atoms with Gasteiger partial charge in [0, 0.05) is 31.1 Å². The highest BCUT2D eigenvalue weighted by Crippen LogP contribution is 2.25. The molecule has 0 aliphatic carbocycles. The summed E-state index contributed by atoms with van der Waals surface area (Å²) in [6.45, 7) is 8.60. The van der Waals surface area contributed by atoms with E-state index in [1.807, 2.05) is 17.0 Å². The zero-order chi connectivity index (χ0) is 11.7. The van der Waals surface area contributed by atoms with Gasteiger partial charge in [-0.1, -0.05) is 6.08 Å². The molecule has 0 aromatic carbocycles. The van der Waals surface area contributed by atoms with Crippen molar-refractivity contribution in [2.24, 2.45) is 5.92 Å². The highest BCUT2D eigenvalue weighted by Gasteiger charge is 2.29. The molecule has 86 valence electrons. The normalized spacial score (nSPS) is 20.8. The topological polar surface area (TPSA) is 38.1 Å². The second kappa shape index (κ2) is 4.12. The Bertz CT molecular complexity index is 408. The first-order chi connectivity index (χ1) is 7.61. The fraction of sp³-hybridized carbons (Fsp3) is 0.500. The molecular weight excluding hydrogens is 202 g/mol. The zero-order valence-electron chi connectivity index (χ0n) is 9.76. The summed E-state index contributed by atoms with van der Waals surface area (Å²) in [5, 5.41) is 4.24. The van der Waals surface area contributed by atoms with Crippen LogP contribution >= 0.6 is 0 Å². The van der Waals surface area contributed by atoms with Crippen LogP contribution in [0.5, 0.6) is 0 Å². The molecule has 1 aromatic heterocycles. The predicted octanol–water partition coefficient (Wildman–Crippen LogP) is 2.00. The summed E-state index contributed by atoms with van der Waals surface area (Å²) in [6.07, 6.45) is 6.10. The summed E-state index contributed by atoms with van der Waals surface area (Å²) in [4.78, 5) is 13.6. The highest BCUT2D eigenvalue weighted by molar-refractivity contribution is 5.95. The molecule has 2 heterocycles. The second-order valence-corrected chi connectivity index (χ2v) is 4.48. The third-order valence-corrected chi connectivity index (χ3v) is 2.92. The van der Waals surface area contributed by atoms with Crippen molar-refractivity contribution in [3.63, 3.8) is 0 Å². The lowest BCUT2D eigenvalue weighted by Gasteiger charge is -2.13. The summed E-state index contributed by atoms with van der Waals surface area (Å²) >= 11 is 0. The number of amides is 1. The smallest absolute Gasteiger partial charge is 0.227 e. The first-order valence-corrected chi connectivity index (χ1v) is 5.59. The van der Waals surface area contributed by atoms with Gasteiger partial charge in [0.2, 0.25) is 5.91 Å². The molecule has 1 aliphatic rings. The maximum atomic E-state index is 11.8. The van der Waals surface area contributed by atoms with Gasteiger partial charge >= 0.3 is 0 Å². The van der Waals surface area contributed by atoms with E-state index in [4.69, 9.17) is 0 Å². The van der Waals surface area contributed by atoms with Crippen molar-refractivity contribution in [2.75, 3.05) is 11.4 Å². The average Bonchev–Trinajstić information content (AvgIpc) is 2.83. The Balaban J connectivity index is 2.18. The minimum atomic E-state index is 0.160. The minimum Gasteiger partial charge on any atom is -0.309 e. The van der Waals surface area contributed by atoms with Crippen LogP contribution in [0, 0.1) is 5.92 Å². The molecule has 4 heteroatoms. The molecule has 1 aliphatic heterocycles. The van der Waals surface area contributed by atoms with E-state index in [2.05, 4.69) is 25.5 Å². The maximum Gasteiger partial charge on any atom is 0.227 e. The van der Waals surface area contributed by atoms with Crippen LogP contribution in [-0.2, 0) is 4.79 Å². The predicted molar refractivity (Wildman–Crippen MR) is 63.3 cm³/mol. The molecule has 0 saturated carbocycles. The van der Waals surface area contributed by atoms with Crippen molar-refractivity contribution < 1.29 is 4.79 Å². The summed E-state index contributed by atoms with van der Waals surface area (Å²) in [7, 11) is 0. The molecule has 0 N–H and O–H groups in total. The number of hydrogen-bond acceptors (Lipinski definition) is 2. The van der Waals surface area contributed by atoms with E-state index < -0.39 is 0 Å². The fourth-order valence-electron chi connectivity index (χ4n) is 1.89. The van der Waals surface area contributed by atoms with E-state index in [1.54, 1.807) is 11.1 Å². The summed E-state index contributed by atoms with van der Waals surface area (Å²) < 4.78 is 1.86. The number of carbonyl (C=O) groups excluding carboxylic acids is 1. The number of nitrogens with zero attached hydrogens (tertiary/aromatic N) is 3. The van der Waals surface area contributed by atoms with Crippen LogP contribution in [0.3, 0.4) is 0 Å². The largest absolute Gasteiger partial charge is 0.309 e. The molecule has 1 amide bonds. The third-order valence-electron chi connectivity index (χ3n) is 2.92. The molecule has 1 atom stereocenters. The van der Waals surface area contributed by atoms with Gasteiger partial charge in [-0.3, -0.25) is 9.48 Å². The van der Waals surface area contributed by atoms with Crippen molar-refractivity contribution in [1.82, 2.24) is 9.78 Å². The zero-order valence-corrected chi connectivity index (χ0v) is 9.76. The Kier molecular flexibility index (Phi) is 2.81. The monoisotopic (exact) mass is 219 g/mol. The van der Waals surface area contributed by atoms with Crippen LogP contribution in [-0.4, -0.2) is 22.2 Å². The molecule has 1 unspecified atom stereocenters. The van der Waals surface area contributed by atoms with E-state index in [1.165, 1.54) is 0 Å². The molecular formula is C12H17N3O. The van der Waals surface area contributed by atoms with Crippen molar-refractivity contribution in [3.8, 4) is 0 Å². The van der Waals surface area contributed by atoms with E-state index >= 15 is 0 Å². The standard InChI is InChI=1S/C12H17N3O/c1-4-10-5-12(16)14(7-10)11-6-13-15(8-11)9(2)3/h4,6,8-10H,1,5,7H2,2-3H3. The van der Waals surface area contributed by atoms with Crippen LogP contribution in [0.15, 0.2) is 25.0 Å². The Morgan fingerprint density at radius 1 is 1.62 bits per heavy atom. The van der Waals surface area contributed by atoms with Gasteiger partial charge in [0.1, 0.15) is 0 Å². The molecule has 0 bridgehead atoms. The van der Waals surface area contributed by atoms with Crippen LogP contribution in [0.25, 0.3) is 0 Å². The number of aromatic nitrogens is 2. The van der Waals surface area contributed by atoms with Crippen molar-refractivity contribution in [3.05, 3.63) is 25.0 Å². The third kappa shape index (κ3) is 1.87. The molecule has 1 saturated heterocycles. The van der Waals surface area contributed by atoms with Crippen LogP contribution in [0.2, 0.25) is 0 Å². The van der Waals surface area contributed by atoms with Gasteiger partial charge in [0.05, 0.1) is 11.9 Å². The van der Waals surface area contributed by atoms with Crippen LogP contribution in [0.4, 0.5) is 5.69 Å². The molecule has 2 rings (SSSR count). The lowest BCUT2D eigenvalue weighted by molar-refractivity contribution is -0.117. The molecule has 0 spiro atoms. The first-order valence-electron chi connectivity index (χ1n) is 5.59. The molecule has 0 radical (unpaired) electrons. The lowest BCUT2D eigenvalue weighted by Crippen LogP contribution is -2.23. The molecule has 16 heavy (non-hydrogen) atoms. The van der Waals surface area contributed by atoms with Crippen molar-refractivity contribution in [2.45, 2.75) is 26.3 Å². The molecule has 1 fully saturated rings. The number of rotatable bonds is 3. The molecule has 1 aromatic rings. The van der Waals surface area contributed by atoms with Crippen LogP contribution < -0.4 is 4.90 Å². The first kappa shape index (κ1) is 10.9. The highest BCUT2D eigenvalue weighted by atomic mass is 16.2. The van der Waals surface area contributed by atoms with E-state index in [-0.39, 0.29) is 11.8 Å². The van der Waals surface area contributed by atoms with Gasteiger partial charge in [-0.15, -0.1) is 6.58 Å².